The summed E-state index contributed by atoms with van der Waals surface area (Å²) in [5.41, 5.74) is -0.643. The second-order valence-electron chi connectivity index (χ2n) is 6.70. The van der Waals surface area contributed by atoms with Gasteiger partial charge >= 0.3 is 0 Å². The molecule has 1 aromatic carbocycles. The first-order chi connectivity index (χ1) is 12.4. The van der Waals surface area contributed by atoms with Crippen molar-refractivity contribution in [3.05, 3.63) is 28.2 Å². The summed E-state index contributed by atoms with van der Waals surface area (Å²) in [4.78, 5) is 26.2. The van der Waals surface area contributed by atoms with Gasteiger partial charge in [-0.3, -0.25) is 9.59 Å². The van der Waals surface area contributed by atoms with E-state index < -0.39 is 5.54 Å². The molecule has 1 saturated carbocycles. The fourth-order valence-corrected chi connectivity index (χ4v) is 3.40. The SMILES string of the molecule is N#CC1(NC(=O)C2CCN(C(=O)COc3ccc(Cl)cc3Cl)CC2)CC1. The number of amides is 2. The lowest BCUT2D eigenvalue weighted by molar-refractivity contribution is -0.137. The molecule has 0 atom stereocenters. The molecule has 0 spiro atoms. The van der Waals surface area contributed by atoms with Gasteiger partial charge in [0, 0.05) is 24.0 Å². The van der Waals surface area contributed by atoms with E-state index in [0.717, 1.165) is 12.8 Å². The van der Waals surface area contributed by atoms with Gasteiger partial charge in [0.05, 0.1) is 11.1 Å². The highest BCUT2D eigenvalue weighted by Gasteiger charge is 2.45. The zero-order valence-corrected chi connectivity index (χ0v) is 15.6. The molecule has 1 aliphatic heterocycles. The highest BCUT2D eigenvalue weighted by atomic mass is 35.5. The molecule has 2 amide bonds. The predicted molar refractivity (Wildman–Crippen MR) is 97.0 cm³/mol. The van der Waals surface area contributed by atoms with E-state index in [1.54, 1.807) is 23.1 Å². The van der Waals surface area contributed by atoms with Gasteiger partial charge in [0.2, 0.25) is 5.91 Å². The van der Waals surface area contributed by atoms with Crippen LogP contribution in [0.15, 0.2) is 18.2 Å². The summed E-state index contributed by atoms with van der Waals surface area (Å²) in [5.74, 6) is 0.0207. The number of hydrogen-bond acceptors (Lipinski definition) is 4. The van der Waals surface area contributed by atoms with Gasteiger partial charge in [0.25, 0.3) is 5.91 Å². The van der Waals surface area contributed by atoms with Crippen molar-refractivity contribution in [2.75, 3.05) is 19.7 Å². The van der Waals surface area contributed by atoms with E-state index >= 15 is 0 Å². The molecule has 1 N–H and O–H groups in total. The van der Waals surface area contributed by atoms with Crippen LogP contribution in [0.1, 0.15) is 25.7 Å². The van der Waals surface area contributed by atoms with Crippen molar-refractivity contribution in [2.24, 2.45) is 5.92 Å². The third-order valence-electron chi connectivity index (χ3n) is 4.79. The van der Waals surface area contributed by atoms with Gasteiger partial charge in [0.1, 0.15) is 11.3 Å². The third-order valence-corrected chi connectivity index (χ3v) is 5.32. The Morgan fingerprint density at radius 3 is 2.58 bits per heavy atom. The standard InChI is InChI=1S/C18H19Cl2N3O3/c19-13-1-2-15(14(20)9-13)26-10-16(24)23-7-3-12(4-8-23)17(25)22-18(11-21)5-6-18/h1-2,9,12H,3-8,10H2,(H,22,25). The van der Waals surface area contributed by atoms with Gasteiger partial charge in [-0.2, -0.15) is 5.26 Å². The Hall–Kier alpha value is -1.97. The largest absolute Gasteiger partial charge is 0.482 e. The second-order valence-corrected chi connectivity index (χ2v) is 7.55. The van der Waals surface area contributed by atoms with Crippen molar-refractivity contribution < 1.29 is 14.3 Å². The normalized spacial score (nSPS) is 18.7. The lowest BCUT2D eigenvalue weighted by Crippen LogP contribution is -2.46. The average molecular weight is 396 g/mol. The summed E-state index contributed by atoms with van der Waals surface area (Å²) in [6, 6.07) is 6.98. The van der Waals surface area contributed by atoms with Crippen LogP contribution >= 0.6 is 23.2 Å². The van der Waals surface area contributed by atoms with Gasteiger partial charge < -0.3 is 15.0 Å². The molecule has 6 nitrogen and oxygen atoms in total. The lowest BCUT2D eigenvalue weighted by Gasteiger charge is -2.31. The number of carbonyl (C=O) groups excluding carboxylic acids is 2. The van der Waals surface area contributed by atoms with Crippen molar-refractivity contribution in [2.45, 2.75) is 31.2 Å². The highest BCUT2D eigenvalue weighted by Crippen LogP contribution is 2.35. The van der Waals surface area contributed by atoms with Crippen molar-refractivity contribution in [3.8, 4) is 11.8 Å². The van der Waals surface area contributed by atoms with Crippen molar-refractivity contribution in [3.63, 3.8) is 0 Å². The molecule has 1 saturated heterocycles. The molecule has 26 heavy (non-hydrogen) atoms. The smallest absolute Gasteiger partial charge is 0.260 e. The van der Waals surface area contributed by atoms with Crippen LogP contribution in [-0.2, 0) is 9.59 Å². The van der Waals surface area contributed by atoms with Gasteiger partial charge in [0.15, 0.2) is 6.61 Å². The van der Waals surface area contributed by atoms with Gasteiger partial charge in [-0.1, -0.05) is 23.2 Å². The first-order valence-corrected chi connectivity index (χ1v) is 9.27. The van der Waals surface area contributed by atoms with E-state index in [4.69, 9.17) is 33.2 Å². The Kier molecular flexibility index (Phi) is 5.59. The van der Waals surface area contributed by atoms with Crippen LogP contribution in [0.25, 0.3) is 0 Å². The lowest BCUT2D eigenvalue weighted by atomic mass is 9.95. The number of carbonyl (C=O) groups is 2. The summed E-state index contributed by atoms with van der Waals surface area (Å²) in [6.07, 6.45) is 2.61. The molecule has 138 valence electrons. The zero-order chi connectivity index (χ0) is 18.7. The van der Waals surface area contributed by atoms with E-state index in [-0.39, 0.29) is 24.3 Å². The first kappa shape index (κ1) is 18.8. The maximum Gasteiger partial charge on any atom is 0.260 e. The zero-order valence-electron chi connectivity index (χ0n) is 14.1. The van der Waals surface area contributed by atoms with Gasteiger partial charge in [-0.15, -0.1) is 0 Å². The Morgan fingerprint density at radius 2 is 2.00 bits per heavy atom. The van der Waals surface area contributed by atoms with Crippen molar-refractivity contribution in [1.29, 1.82) is 5.26 Å². The molecule has 1 aliphatic carbocycles. The van der Waals surface area contributed by atoms with Crippen LogP contribution in [-0.4, -0.2) is 41.9 Å². The van der Waals surface area contributed by atoms with E-state index in [1.807, 2.05) is 0 Å². The Bertz CT molecular complexity index is 751. The summed E-state index contributed by atoms with van der Waals surface area (Å²) in [7, 11) is 0. The summed E-state index contributed by atoms with van der Waals surface area (Å²) >= 11 is 11.8. The first-order valence-electron chi connectivity index (χ1n) is 8.51. The third kappa shape index (κ3) is 4.40. The number of rotatable bonds is 5. The minimum atomic E-state index is -0.643. The molecule has 0 unspecified atom stereocenters. The molecule has 0 radical (unpaired) electrons. The molecule has 8 heteroatoms. The minimum Gasteiger partial charge on any atom is -0.482 e. The molecule has 0 bridgehead atoms. The van der Waals surface area contributed by atoms with E-state index in [0.29, 0.717) is 41.7 Å². The van der Waals surface area contributed by atoms with Crippen molar-refractivity contribution >= 4 is 35.0 Å². The van der Waals surface area contributed by atoms with Crippen LogP contribution in [0.3, 0.4) is 0 Å². The molecule has 1 aromatic rings. The molecular formula is C18H19Cl2N3O3. The number of benzene rings is 1. The van der Waals surface area contributed by atoms with Crippen LogP contribution in [0.5, 0.6) is 5.75 Å². The fourth-order valence-electron chi connectivity index (χ4n) is 2.94. The van der Waals surface area contributed by atoms with Gasteiger partial charge in [-0.05, 0) is 43.9 Å². The molecule has 1 heterocycles. The average Bonchev–Trinajstić information content (AvgIpc) is 3.41. The summed E-state index contributed by atoms with van der Waals surface area (Å²) in [6.45, 7) is 0.873. The summed E-state index contributed by atoms with van der Waals surface area (Å²) in [5, 5.41) is 12.7. The Balaban J connectivity index is 1.45. The number of hydrogen-bond donors (Lipinski definition) is 1. The fraction of sp³-hybridized carbons (Fsp3) is 0.500. The maximum absolute atomic E-state index is 12.3. The number of nitriles is 1. The van der Waals surface area contributed by atoms with Crippen LogP contribution in [0.2, 0.25) is 10.0 Å². The van der Waals surface area contributed by atoms with E-state index in [2.05, 4.69) is 11.4 Å². The predicted octanol–water partition coefficient (Wildman–Crippen LogP) is 2.78. The molecule has 3 rings (SSSR count). The molecule has 2 aliphatic rings. The van der Waals surface area contributed by atoms with Crippen LogP contribution in [0, 0.1) is 17.2 Å². The minimum absolute atomic E-state index is 0.0830. The number of ether oxygens (including phenoxy) is 1. The molecular weight excluding hydrogens is 377 g/mol. The van der Waals surface area contributed by atoms with Crippen LogP contribution in [0.4, 0.5) is 0 Å². The van der Waals surface area contributed by atoms with E-state index in [1.165, 1.54) is 0 Å². The maximum atomic E-state index is 12.3. The Morgan fingerprint density at radius 1 is 1.31 bits per heavy atom. The highest BCUT2D eigenvalue weighted by molar-refractivity contribution is 6.35. The number of piperidine rings is 1. The second kappa shape index (κ2) is 7.73. The van der Waals surface area contributed by atoms with Crippen LogP contribution < -0.4 is 10.1 Å². The summed E-state index contributed by atoms with van der Waals surface area (Å²) < 4.78 is 5.47. The number of halogens is 2. The van der Waals surface area contributed by atoms with E-state index in [9.17, 15) is 9.59 Å². The number of nitrogens with one attached hydrogen (secondary N) is 1. The van der Waals surface area contributed by atoms with Gasteiger partial charge in [-0.25, -0.2) is 0 Å². The van der Waals surface area contributed by atoms with Crippen molar-refractivity contribution in [1.82, 2.24) is 10.2 Å². The Labute approximate surface area is 162 Å². The molecule has 2 fully saturated rings. The quantitative estimate of drug-likeness (QED) is 0.830. The molecule has 0 aromatic heterocycles. The monoisotopic (exact) mass is 395 g/mol. The number of likely N-dealkylation sites (tertiary alicyclic amines) is 1. The topological polar surface area (TPSA) is 82.4 Å². The number of nitrogens with zero attached hydrogens (tertiary/aromatic N) is 2.